The number of halogens is 2. The molecule has 0 atom stereocenters. The number of aliphatic hydroxyl groups excluding tert-OH is 1. The van der Waals surface area contributed by atoms with E-state index >= 15 is 0 Å². The number of aromatic amines is 1. The van der Waals surface area contributed by atoms with Gasteiger partial charge in [-0.2, -0.15) is 0 Å². The maximum atomic E-state index is 14.6. The van der Waals surface area contributed by atoms with Crippen LogP contribution in [0.1, 0.15) is 24.1 Å². The van der Waals surface area contributed by atoms with Crippen LogP contribution in [0.15, 0.2) is 6.07 Å². The van der Waals surface area contributed by atoms with E-state index in [2.05, 4.69) is 9.88 Å². The Kier molecular flexibility index (Phi) is 3.89. The van der Waals surface area contributed by atoms with Crippen LogP contribution in [0.3, 0.4) is 0 Å². The van der Waals surface area contributed by atoms with Crippen molar-refractivity contribution in [3.63, 3.8) is 0 Å². The van der Waals surface area contributed by atoms with Gasteiger partial charge in [0.15, 0.2) is 5.82 Å². The summed E-state index contributed by atoms with van der Waals surface area (Å²) in [5, 5.41) is 10.1. The van der Waals surface area contributed by atoms with Crippen molar-refractivity contribution in [3.8, 4) is 0 Å². The standard InChI is InChI=1S/C17H19ClFN3O2/c18-11-7-13(21-4-1-2-5-21)15-10-8-22(14(24)9-23)6-3-12(10)20-17(15)16(11)19/h7,20,23H,1-6,8-9H2. The Morgan fingerprint density at radius 3 is 2.79 bits per heavy atom. The Hall–Kier alpha value is -1.79. The molecule has 2 aromatic rings. The Morgan fingerprint density at radius 1 is 1.33 bits per heavy atom. The molecule has 2 aliphatic rings. The molecule has 3 heterocycles. The van der Waals surface area contributed by atoms with E-state index in [4.69, 9.17) is 16.7 Å². The van der Waals surface area contributed by atoms with Gasteiger partial charge in [-0.25, -0.2) is 4.39 Å². The smallest absolute Gasteiger partial charge is 0.248 e. The molecule has 0 unspecified atom stereocenters. The average Bonchev–Trinajstić information content (AvgIpc) is 3.24. The number of hydrogen-bond acceptors (Lipinski definition) is 3. The first kappa shape index (κ1) is 15.7. The predicted octanol–water partition coefficient (Wildman–Crippen LogP) is 2.44. The second-order valence-electron chi connectivity index (χ2n) is 6.44. The third-order valence-corrected chi connectivity index (χ3v) is 5.33. The molecule has 0 bridgehead atoms. The fraction of sp³-hybridized carbons (Fsp3) is 0.471. The van der Waals surface area contributed by atoms with Crippen LogP contribution >= 0.6 is 11.6 Å². The number of amides is 1. The van der Waals surface area contributed by atoms with Gasteiger partial charge < -0.3 is 19.9 Å². The number of hydrogen-bond donors (Lipinski definition) is 2. The second kappa shape index (κ2) is 5.93. The molecule has 2 aliphatic heterocycles. The zero-order valence-corrected chi connectivity index (χ0v) is 14.0. The van der Waals surface area contributed by atoms with Gasteiger partial charge in [-0.05, 0) is 18.9 Å². The van der Waals surface area contributed by atoms with E-state index in [1.807, 2.05) is 0 Å². The van der Waals surface area contributed by atoms with Crippen LogP contribution in [-0.4, -0.2) is 47.1 Å². The van der Waals surface area contributed by atoms with Crippen LogP contribution in [0, 0.1) is 5.82 Å². The van der Waals surface area contributed by atoms with Crippen LogP contribution in [0.4, 0.5) is 10.1 Å². The summed E-state index contributed by atoms with van der Waals surface area (Å²) < 4.78 is 14.6. The normalized spacial score (nSPS) is 17.6. The van der Waals surface area contributed by atoms with Gasteiger partial charge in [0.25, 0.3) is 0 Å². The lowest BCUT2D eigenvalue weighted by Crippen LogP contribution is -2.37. The number of anilines is 1. The number of nitrogens with zero attached hydrogens (tertiary/aromatic N) is 2. The zero-order valence-electron chi connectivity index (χ0n) is 13.2. The van der Waals surface area contributed by atoms with Crippen molar-refractivity contribution in [2.24, 2.45) is 0 Å². The highest BCUT2D eigenvalue weighted by Crippen LogP contribution is 2.40. The highest BCUT2D eigenvalue weighted by Gasteiger charge is 2.28. The van der Waals surface area contributed by atoms with Gasteiger partial charge in [0.1, 0.15) is 6.61 Å². The fourth-order valence-electron chi connectivity index (χ4n) is 3.84. The molecule has 1 amide bonds. The van der Waals surface area contributed by atoms with Crippen molar-refractivity contribution in [3.05, 3.63) is 28.2 Å². The highest BCUT2D eigenvalue weighted by molar-refractivity contribution is 6.32. The molecule has 128 valence electrons. The molecule has 4 rings (SSSR count). The van der Waals surface area contributed by atoms with E-state index in [0.717, 1.165) is 48.3 Å². The third kappa shape index (κ3) is 2.36. The van der Waals surface area contributed by atoms with Gasteiger partial charge in [-0.1, -0.05) is 11.6 Å². The van der Waals surface area contributed by atoms with Crippen molar-refractivity contribution < 1.29 is 14.3 Å². The minimum atomic E-state index is -0.503. The lowest BCUT2D eigenvalue weighted by Gasteiger charge is -2.27. The van der Waals surface area contributed by atoms with E-state index in [9.17, 15) is 9.18 Å². The van der Waals surface area contributed by atoms with Gasteiger partial charge >= 0.3 is 0 Å². The minimum Gasteiger partial charge on any atom is -0.387 e. The molecule has 0 aliphatic carbocycles. The zero-order chi connectivity index (χ0) is 16.8. The number of carbonyl (C=O) groups excluding carboxylic acids is 1. The first-order chi connectivity index (χ1) is 11.6. The van der Waals surface area contributed by atoms with Crippen molar-refractivity contribution in [1.29, 1.82) is 0 Å². The number of rotatable bonds is 2. The first-order valence-corrected chi connectivity index (χ1v) is 8.63. The van der Waals surface area contributed by atoms with Crippen molar-refractivity contribution in [2.45, 2.75) is 25.8 Å². The van der Waals surface area contributed by atoms with Gasteiger partial charge in [-0.15, -0.1) is 0 Å². The van der Waals surface area contributed by atoms with Crippen molar-refractivity contribution in [2.75, 3.05) is 31.1 Å². The lowest BCUT2D eigenvalue weighted by molar-refractivity contribution is -0.135. The second-order valence-corrected chi connectivity index (χ2v) is 6.85. The molecular formula is C17H19ClFN3O2. The van der Waals surface area contributed by atoms with E-state index in [1.54, 1.807) is 11.0 Å². The van der Waals surface area contributed by atoms with E-state index in [-0.39, 0.29) is 10.9 Å². The van der Waals surface area contributed by atoms with Crippen molar-refractivity contribution in [1.82, 2.24) is 9.88 Å². The minimum absolute atomic E-state index is 0.117. The van der Waals surface area contributed by atoms with Gasteiger partial charge in [0.2, 0.25) is 5.91 Å². The van der Waals surface area contributed by atoms with Crippen LogP contribution < -0.4 is 4.90 Å². The Bertz CT molecular complexity index is 814. The number of benzene rings is 1. The first-order valence-electron chi connectivity index (χ1n) is 8.25. The molecule has 2 N–H and O–H groups in total. The van der Waals surface area contributed by atoms with Crippen LogP contribution in [0.5, 0.6) is 0 Å². The van der Waals surface area contributed by atoms with E-state index in [0.29, 0.717) is 25.0 Å². The highest BCUT2D eigenvalue weighted by atomic mass is 35.5. The van der Waals surface area contributed by atoms with Gasteiger partial charge in [-0.3, -0.25) is 4.79 Å². The monoisotopic (exact) mass is 351 g/mol. The maximum absolute atomic E-state index is 14.6. The van der Waals surface area contributed by atoms with Crippen LogP contribution in [-0.2, 0) is 17.8 Å². The SMILES string of the molecule is O=C(CO)N1CCc2[nH]c3c(F)c(Cl)cc(N4CCCC4)c3c2C1. The number of nitrogens with one attached hydrogen (secondary N) is 1. The molecule has 1 aromatic carbocycles. The topological polar surface area (TPSA) is 59.6 Å². The summed E-state index contributed by atoms with van der Waals surface area (Å²) in [6.07, 6.45) is 2.84. The summed E-state index contributed by atoms with van der Waals surface area (Å²) >= 11 is 6.12. The number of fused-ring (bicyclic) bond motifs is 3. The lowest BCUT2D eigenvalue weighted by atomic mass is 10.0. The van der Waals surface area contributed by atoms with Crippen molar-refractivity contribution >= 4 is 34.1 Å². The molecule has 0 radical (unpaired) electrons. The molecule has 7 heteroatoms. The van der Waals surface area contributed by atoms with Crippen LogP contribution in [0.25, 0.3) is 10.9 Å². The number of H-pyrrole nitrogens is 1. The van der Waals surface area contributed by atoms with E-state index < -0.39 is 12.4 Å². The van der Waals surface area contributed by atoms with Crippen LogP contribution in [0.2, 0.25) is 5.02 Å². The van der Waals surface area contributed by atoms with E-state index in [1.165, 1.54) is 0 Å². The van der Waals surface area contributed by atoms with Gasteiger partial charge in [0, 0.05) is 54.9 Å². The third-order valence-electron chi connectivity index (χ3n) is 5.06. The molecule has 1 saturated heterocycles. The fourth-order valence-corrected chi connectivity index (χ4v) is 4.04. The average molecular weight is 352 g/mol. The summed E-state index contributed by atoms with van der Waals surface area (Å²) in [6, 6.07) is 1.70. The number of aliphatic hydroxyl groups is 1. The summed E-state index contributed by atoms with van der Waals surface area (Å²) in [5.74, 6) is -0.740. The Morgan fingerprint density at radius 2 is 2.08 bits per heavy atom. The molecule has 0 spiro atoms. The summed E-state index contributed by atoms with van der Waals surface area (Å²) in [5.41, 5.74) is 3.25. The molecule has 1 fully saturated rings. The van der Waals surface area contributed by atoms with Gasteiger partial charge in [0.05, 0.1) is 10.5 Å². The maximum Gasteiger partial charge on any atom is 0.248 e. The quantitative estimate of drug-likeness (QED) is 0.873. The summed E-state index contributed by atoms with van der Waals surface area (Å²) in [7, 11) is 0. The Labute approximate surface area is 144 Å². The molecule has 24 heavy (non-hydrogen) atoms. The molecule has 0 saturated carbocycles. The number of carbonyl (C=O) groups is 1. The number of aromatic nitrogens is 1. The summed E-state index contributed by atoms with van der Waals surface area (Å²) in [6.45, 7) is 2.26. The largest absolute Gasteiger partial charge is 0.387 e. The molecule has 1 aromatic heterocycles. The summed E-state index contributed by atoms with van der Waals surface area (Å²) in [4.78, 5) is 18.9. The molecular weight excluding hydrogens is 333 g/mol. The Balaban J connectivity index is 1.89. The molecule has 5 nitrogen and oxygen atoms in total. The predicted molar refractivity (Wildman–Crippen MR) is 90.9 cm³/mol.